The molecule has 4 rings (SSSR count). The van der Waals surface area contributed by atoms with E-state index in [9.17, 15) is 9.59 Å². The number of carbonyl (C=O) groups excluding carboxylic acids is 2. The van der Waals surface area contributed by atoms with Crippen LogP contribution in [0, 0.1) is 11.8 Å². The highest BCUT2D eigenvalue weighted by Gasteiger charge is 2.66. The van der Waals surface area contributed by atoms with E-state index in [1.807, 2.05) is 17.1 Å². The molecule has 2 amide bonds. The van der Waals surface area contributed by atoms with Crippen LogP contribution in [0.1, 0.15) is 19.3 Å². The maximum absolute atomic E-state index is 13.0. The second-order valence-electron chi connectivity index (χ2n) is 7.79. The van der Waals surface area contributed by atoms with Crippen LogP contribution >= 0.6 is 0 Å². The van der Waals surface area contributed by atoms with Gasteiger partial charge in [-0.05, 0) is 25.9 Å². The number of hydrogen-bond acceptors (Lipinski definition) is 4. The Labute approximate surface area is 143 Å². The van der Waals surface area contributed by atoms with Crippen molar-refractivity contribution < 1.29 is 14.3 Å². The molecule has 0 N–H and O–H groups in total. The van der Waals surface area contributed by atoms with Crippen LogP contribution in [0.5, 0.6) is 0 Å². The normalized spacial score (nSPS) is 38.0. The molecule has 0 aliphatic carbocycles. The molecule has 1 spiro atoms. The van der Waals surface area contributed by atoms with Crippen LogP contribution in [-0.4, -0.2) is 85.0 Å². The number of ether oxygens (including phenoxy) is 1. The smallest absolute Gasteiger partial charge is 0.230 e. The molecule has 6 nitrogen and oxygen atoms in total. The van der Waals surface area contributed by atoms with Crippen molar-refractivity contribution in [1.29, 1.82) is 0 Å². The molecule has 132 valence electrons. The first-order valence-electron chi connectivity index (χ1n) is 9.11. The van der Waals surface area contributed by atoms with Crippen molar-refractivity contribution in [3.05, 3.63) is 12.2 Å². The van der Waals surface area contributed by atoms with Gasteiger partial charge in [-0.3, -0.25) is 9.59 Å². The molecule has 0 radical (unpaired) electrons. The van der Waals surface area contributed by atoms with Crippen molar-refractivity contribution in [2.45, 2.75) is 31.0 Å². The van der Waals surface area contributed by atoms with Crippen molar-refractivity contribution >= 4 is 11.8 Å². The van der Waals surface area contributed by atoms with Crippen LogP contribution in [0.25, 0.3) is 0 Å². The predicted molar refractivity (Wildman–Crippen MR) is 89.3 cm³/mol. The number of fused-ring (bicyclic) bond motifs is 1. The molecule has 6 heteroatoms. The van der Waals surface area contributed by atoms with Crippen molar-refractivity contribution in [3.8, 4) is 0 Å². The summed E-state index contributed by atoms with van der Waals surface area (Å²) in [6.07, 6.45) is 7.60. The summed E-state index contributed by atoms with van der Waals surface area (Å²) < 4.78 is 6.13. The number of amides is 2. The van der Waals surface area contributed by atoms with Gasteiger partial charge in [0.25, 0.3) is 0 Å². The van der Waals surface area contributed by atoms with Crippen molar-refractivity contribution in [2.75, 3.05) is 46.8 Å². The largest absolute Gasteiger partial charge is 0.360 e. The highest BCUT2D eigenvalue weighted by Crippen LogP contribution is 2.52. The van der Waals surface area contributed by atoms with Crippen LogP contribution in [0.2, 0.25) is 0 Å². The summed E-state index contributed by atoms with van der Waals surface area (Å²) in [7, 11) is 3.50. The van der Waals surface area contributed by atoms with Gasteiger partial charge in [-0.15, -0.1) is 0 Å². The van der Waals surface area contributed by atoms with E-state index in [4.69, 9.17) is 4.74 Å². The van der Waals surface area contributed by atoms with Gasteiger partial charge in [-0.1, -0.05) is 18.6 Å². The molecule has 4 aliphatic heterocycles. The molecule has 24 heavy (non-hydrogen) atoms. The standard InChI is InChI=1S/C18H27N3O3/c1-19(2)16(22)14-13-6-7-18(24-13)12-21(17(23)15(14)18)11-10-20-8-4-3-5-9-20/h6-7,13-15H,3-5,8-12H2,1-2H3/t13-,14+,15+,18-/m0/s1. The fourth-order valence-electron chi connectivity index (χ4n) is 4.79. The Morgan fingerprint density at radius 3 is 2.75 bits per heavy atom. The second kappa shape index (κ2) is 5.85. The third kappa shape index (κ3) is 2.39. The minimum atomic E-state index is -0.569. The predicted octanol–water partition coefficient (Wildman–Crippen LogP) is 0.343. The summed E-state index contributed by atoms with van der Waals surface area (Å²) in [5, 5.41) is 0. The van der Waals surface area contributed by atoms with Gasteiger partial charge in [0.1, 0.15) is 5.60 Å². The summed E-state index contributed by atoms with van der Waals surface area (Å²) in [5.41, 5.74) is -0.569. The fraction of sp³-hybridized carbons (Fsp3) is 0.778. The molecule has 0 saturated carbocycles. The highest BCUT2D eigenvalue weighted by atomic mass is 16.5. The summed E-state index contributed by atoms with van der Waals surface area (Å²) in [6.45, 7) is 4.53. The van der Waals surface area contributed by atoms with Crippen molar-refractivity contribution in [1.82, 2.24) is 14.7 Å². The van der Waals surface area contributed by atoms with Gasteiger partial charge < -0.3 is 19.4 Å². The lowest BCUT2D eigenvalue weighted by Crippen LogP contribution is -2.44. The van der Waals surface area contributed by atoms with Gasteiger partial charge in [0.2, 0.25) is 11.8 Å². The lowest BCUT2D eigenvalue weighted by molar-refractivity contribution is -0.141. The van der Waals surface area contributed by atoms with Crippen LogP contribution in [0.3, 0.4) is 0 Å². The Balaban J connectivity index is 1.47. The Kier molecular flexibility index (Phi) is 3.92. The summed E-state index contributed by atoms with van der Waals surface area (Å²) in [5.74, 6) is -0.609. The maximum atomic E-state index is 13.0. The molecule has 3 fully saturated rings. The maximum Gasteiger partial charge on any atom is 0.230 e. The topological polar surface area (TPSA) is 53.1 Å². The molecule has 0 aromatic rings. The van der Waals surface area contributed by atoms with E-state index in [-0.39, 0.29) is 29.8 Å². The highest BCUT2D eigenvalue weighted by molar-refractivity contribution is 5.92. The summed E-state index contributed by atoms with van der Waals surface area (Å²) in [6, 6.07) is 0. The average Bonchev–Trinajstić information content (AvgIpc) is 3.21. The van der Waals surface area contributed by atoms with Gasteiger partial charge >= 0.3 is 0 Å². The monoisotopic (exact) mass is 333 g/mol. The fourth-order valence-corrected chi connectivity index (χ4v) is 4.79. The third-order valence-corrected chi connectivity index (χ3v) is 6.04. The number of carbonyl (C=O) groups is 2. The van der Waals surface area contributed by atoms with E-state index in [1.54, 1.807) is 19.0 Å². The average molecular weight is 333 g/mol. The molecule has 4 aliphatic rings. The lowest BCUT2D eigenvalue weighted by Gasteiger charge is -2.29. The van der Waals surface area contributed by atoms with Crippen LogP contribution in [-0.2, 0) is 14.3 Å². The van der Waals surface area contributed by atoms with Gasteiger partial charge in [0.15, 0.2) is 0 Å². The van der Waals surface area contributed by atoms with Crippen LogP contribution < -0.4 is 0 Å². The van der Waals surface area contributed by atoms with Gasteiger partial charge in [-0.25, -0.2) is 0 Å². The van der Waals surface area contributed by atoms with Crippen molar-refractivity contribution in [3.63, 3.8) is 0 Å². The van der Waals surface area contributed by atoms with E-state index in [1.165, 1.54) is 19.3 Å². The van der Waals surface area contributed by atoms with Gasteiger partial charge in [0.05, 0.1) is 24.5 Å². The Morgan fingerprint density at radius 2 is 2.04 bits per heavy atom. The second-order valence-corrected chi connectivity index (χ2v) is 7.79. The molecule has 3 saturated heterocycles. The Hall–Kier alpha value is -1.40. The molecular weight excluding hydrogens is 306 g/mol. The van der Waals surface area contributed by atoms with Crippen LogP contribution in [0.15, 0.2) is 12.2 Å². The Morgan fingerprint density at radius 1 is 1.29 bits per heavy atom. The lowest BCUT2D eigenvalue weighted by atomic mass is 9.76. The first-order chi connectivity index (χ1) is 11.5. The van der Waals surface area contributed by atoms with Crippen LogP contribution in [0.4, 0.5) is 0 Å². The number of likely N-dealkylation sites (tertiary alicyclic amines) is 2. The van der Waals surface area contributed by atoms with E-state index >= 15 is 0 Å². The van der Waals surface area contributed by atoms with E-state index in [0.717, 1.165) is 26.2 Å². The zero-order valence-electron chi connectivity index (χ0n) is 14.6. The zero-order chi connectivity index (χ0) is 16.9. The summed E-state index contributed by atoms with van der Waals surface area (Å²) in [4.78, 5) is 31.5. The number of hydrogen-bond donors (Lipinski definition) is 0. The minimum Gasteiger partial charge on any atom is -0.360 e. The van der Waals surface area contributed by atoms with Gasteiger partial charge in [-0.2, -0.15) is 0 Å². The molecule has 0 unspecified atom stereocenters. The van der Waals surface area contributed by atoms with Gasteiger partial charge in [0, 0.05) is 27.2 Å². The molecular formula is C18H27N3O3. The quantitative estimate of drug-likeness (QED) is 0.697. The Bertz CT molecular complexity index is 570. The van der Waals surface area contributed by atoms with Crippen molar-refractivity contribution in [2.24, 2.45) is 11.8 Å². The van der Waals surface area contributed by atoms with E-state index in [0.29, 0.717) is 6.54 Å². The summed E-state index contributed by atoms with van der Waals surface area (Å²) >= 11 is 0. The first-order valence-corrected chi connectivity index (χ1v) is 9.11. The number of piperidine rings is 1. The van der Waals surface area contributed by atoms with E-state index < -0.39 is 5.60 Å². The number of nitrogens with zero attached hydrogens (tertiary/aromatic N) is 3. The minimum absolute atomic E-state index is 0.00227. The SMILES string of the molecule is CN(C)C(=O)[C@@H]1[C@@H]2C=C[C@@]3(CN(CCN4CCCCC4)C(=O)[C@@H]13)O2. The molecule has 2 bridgehead atoms. The molecule has 0 aromatic carbocycles. The molecule has 4 atom stereocenters. The number of rotatable bonds is 4. The first kappa shape index (κ1) is 16.1. The van der Waals surface area contributed by atoms with E-state index in [2.05, 4.69) is 4.90 Å². The molecule has 0 aromatic heterocycles. The molecule has 4 heterocycles. The zero-order valence-corrected chi connectivity index (χ0v) is 14.6. The third-order valence-electron chi connectivity index (χ3n) is 6.04.